The third-order valence-corrected chi connectivity index (χ3v) is 5.00. The molecule has 0 amide bonds. The molecule has 0 saturated heterocycles. The van der Waals surface area contributed by atoms with Crippen LogP contribution in [0.4, 0.5) is 4.39 Å². The molecule has 1 rings (SSSR count). The Bertz CT molecular complexity index is 505. The van der Waals surface area contributed by atoms with Gasteiger partial charge in [0.25, 0.3) is 0 Å². The number of rotatable bonds is 6. The Kier molecular flexibility index (Phi) is 5.56. The minimum atomic E-state index is -3.63. The first kappa shape index (κ1) is 15.4. The van der Waals surface area contributed by atoms with Gasteiger partial charge in [0.1, 0.15) is 10.7 Å². The number of unbranched alkanes of at least 4 members (excludes halogenated alkanes) is 2. The molecule has 0 aliphatic heterocycles. The summed E-state index contributed by atoms with van der Waals surface area (Å²) in [5.41, 5.74) is 0. The van der Waals surface area contributed by atoms with E-state index in [2.05, 4.69) is 0 Å². The number of nitrogens with zero attached hydrogens (tertiary/aromatic N) is 1. The van der Waals surface area contributed by atoms with Gasteiger partial charge in [0, 0.05) is 13.6 Å². The molecule has 0 unspecified atom stereocenters. The first-order chi connectivity index (χ1) is 8.39. The van der Waals surface area contributed by atoms with Gasteiger partial charge >= 0.3 is 0 Å². The minimum Gasteiger partial charge on any atom is -0.207 e. The lowest BCUT2D eigenvalue weighted by molar-refractivity contribution is 0.454. The third kappa shape index (κ3) is 3.67. The largest absolute Gasteiger partial charge is 0.244 e. The molecule has 0 saturated carbocycles. The molecule has 102 valence electrons. The summed E-state index contributed by atoms with van der Waals surface area (Å²) in [5, 5.41) is -0.0858. The molecule has 0 aliphatic rings. The van der Waals surface area contributed by atoms with Crippen LogP contribution in [-0.2, 0) is 10.0 Å². The molecule has 0 fully saturated rings. The van der Waals surface area contributed by atoms with Crippen molar-refractivity contribution in [2.75, 3.05) is 13.6 Å². The zero-order valence-electron chi connectivity index (χ0n) is 10.5. The Hall–Kier alpha value is -0.650. The normalized spacial score (nSPS) is 12.1. The van der Waals surface area contributed by atoms with Gasteiger partial charge in [-0.2, -0.15) is 0 Å². The maximum Gasteiger partial charge on any atom is 0.244 e. The van der Waals surface area contributed by atoms with Crippen LogP contribution >= 0.6 is 11.6 Å². The van der Waals surface area contributed by atoms with E-state index in [0.717, 1.165) is 31.4 Å². The van der Waals surface area contributed by atoms with E-state index in [0.29, 0.717) is 6.54 Å². The van der Waals surface area contributed by atoms with Crippen LogP contribution in [0.25, 0.3) is 0 Å². The molecule has 0 heterocycles. The summed E-state index contributed by atoms with van der Waals surface area (Å²) in [4.78, 5) is -0.0513. The van der Waals surface area contributed by atoms with Crippen molar-refractivity contribution in [3.63, 3.8) is 0 Å². The first-order valence-electron chi connectivity index (χ1n) is 5.81. The van der Waals surface area contributed by atoms with E-state index in [-0.39, 0.29) is 9.92 Å². The predicted octanol–water partition coefficient (Wildman–Crippen LogP) is 3.29. The molecule has 0 radical (unpaired) electrons. The van der Waals surface area contributed by atoms with Crippen molar-refractivity contribution in [2.45, 2.75) is 31.1 Å². The van der Waals surface area contributed by atoms with E-state index < -0.39 is 15.8 Å². The fraction of sp³-hybridized carbons (Fsp3) is 0.500. The van der Waals surface area contributed by atoms with Gasteiger partial charge in [0.15, 0.2) is 0 Å². The second-order valence-corrected chi connectivity index (χ2v) is 6.53. The molecule has 0 atom stereocenters. The highest BCUT2D eigenvalue weighted by Crippen LogP contribution is 2.24. The van der Waals surface area contributed by atoms with Gasteiger partial charge in [-0.1, -0.05) is 31.4 Å². The highest BCUT2D eigenvalue weighted by molar-refractivity contribution is 7.89. The van der Waals surface area contributed by atoms with E-state index in [1.165, 1.54) is 17.4 Å². The Balaban J connectivity index is 2.91. The van der Waals surface area contributed by atoms with E-state index in [1.54, 1.807) is 0 Å². The highest BCUT2D eigenvalue weighted by atomic mass is 35.5. The van der Waals surface area contributed by atoms with Gasteiger partial charge in [-0.25, -0.2) is 17.1 Å². The van der Waals surface area contributed by atoms with Crippen LogP contribution < -0.4 is 0 Å². The maximum atomic E-state index is 12.9. The van der Waals surface area contributed by atoms with Crippen molar-refractivity contribution >= 4 is 21.6 Å². The standard InChI is InChI=1S/C12H17ClFNO2S/c1-3-4-5-8-15(2)18(16,17)12-7-6-10(14)9-11(12)13/h6-7,9H,3-5,8H2,1-2H3. The number of benzene rings is 1. The van der Waals surface area contributed by atoms with Crippen molar-refractivity contribution in [1.82, 2.24) is 4.31 Å². The molecule has 0 aromatic heterocycles. The lowest BCUT2D eigenvalue weighted by atomic mass is 10.2. The SMILES string of the molecule is CCCCCN(C)S(=O)(=O)c1ccc(F)cc1Cl. The van der Waals surface area contributed by atoms with Crippen molar-refractivity contribution < 1.29 is 12.8 Å². The van der Waals surface area contributed by atoms with Crippen molar-refractivity contribution in [3.8, 4) is 0 Å². The Morgan fingerprint density at radius 1 is 1.33 bits per heavy atom. The summed E-state index contributed by atoms with van der Waals surface area (Å²) in [7, 11) is -2.13. The van der Waals surface area contributed by atoms with Crippen LogP contribution in [0.2, 0.25) is 5.02 Å². The van der Waals surface area contributed by atoms with E-state index in [9.17, 15) is 12.8 Å². The van der Waals surface area contributed by atoms with Gasteiger partial charge in [-0.05, 0) is 24.6 Å². The molecule has 3 nitrogen and oxygen atoms in total. The zero-order valence-corrected chi connectivity index (χ0v) is 12.1. The summed E-state index contributed by atoms with van der Waals surface area (Å²) >= 11 is 5.77. The number of hydrogen-bond donors (Lipinski definition) is 0. The minimum absolute atomic E-state index is 0.0513. The van der Waals surface area contributed by atoms with Crippen LogP contribution in [-0.4, -0.2) is 26.3 Å². The zero-order chi connectivity index (χ0) is 13.8. The summed E-state index contributed by atoms with van der Waals surface area (Å²) in [6.45, 7) is 2.48. The fourth-order valence-electron chi connectivity index (χ4n) is 1.56. The van der Waals surface area contributed by atoms with Gasteiger partial charge in [-0.15, -0.1) is 0 Å². The number of sulfonamides is 1. The average Bonchev–Trinajstić information content (AvgIpc) is 2.28. The Morgan fingerprint density at radius 3 is 2.56 bits per heavy atom. The monoisotopic (exact) mass is 293 g/mol. The Morgan fingerprint density at radius 2 is 2.00 bits per heavy atom. The van der Waals surface area contributed by atoms with Gasteiger partial charge in [-0.3, -0.25) is 0 Å². The summed E-state index contributed by atoms with van der Waals surface area (Å²) < 4.78 is 38.5. The van der Waals surface area contributed by atoms with E-state index >= 15 is 0 Å². The second kappa shape index (κ2) is 6.50. The van der Waals surface area contributed by atoms with Gasteiger partial charge in [0.2, 0.25) is 10.0 Å². The summed E-state index contributed by atoms with van der Waals surface area (Å²) in [6, 6.07) is 3.30. The van der Waals surface area contributed by atoms with Crippen molar-refractivity contribution in [3.05, 3.63) is 29.0 Å². The summed E-state index contributed by atoms with van der Waals surface area (Å²) in [6.07, 6.45) is 2.78. The summed E-state index contributed by atoms with van der Waals surface area (Å²) in [5.74, 6) is -0.549. The molecule has 1 aromatic carbocycles. The molecule has 1 aromatic rings. The molecular formula is C12H17ClFNO2S. The molecule has 0 bridgehead atoms. The molecular weight excluding hydrogens is 277 g/mol. The van der Waals surface area contributed by atoms with E-state index in [4.69, 9.17) is 11.6 Å². The quantitative estimate of drug-likeness (QED) is 0.755. The lowest BCUT2D eigenvalue weighted by Gasteiger charge is -2.17. The number of hydrogen-bond acceptors (Lipinski definition) is 2. The van der Waals surface area contributed by atoms with Gasteiger partial charge in [0.05, 0.1) is 5.02 Å². The molecule has 18 heavy (non-hydrogen) atoms. The highest BCUT2D eigenvalue weighted by Gasteiger charge is 2.23. The molecule has 6 heteroatoms. The van der Waals surface area contributed by atoms with Crippen LogP contribution in [0, 0.1) is 5.82 Å². The van der Waals surface area contributed by atoms with Crippen LogP contribution in [0.5, 0.6) is 0 Å². The Labute approximate surface area is 113 Å². The lowest BCUT2D eigenvalue weighted by Crippen LogP contribution is -2.28. The molecule has 0 N–H and O–H groups in total. The molecule has 0 spiro atoms. The van der Waals surface area contributed by atoms with Crippen molar-refractivity contribution in [2.24, 2.45) is 0 Å². The maximum absolute atomic E-state index is 12.9. The topological polar surface area (TPSA) is 37.4 Å². The number of halogens is 2. The van der Waals surface area contributed by atoms with Crippen LogP contribution in [0.1, 0.15) is 26.2 Å². The average molecular weight is 294 g/mol. The first-order valence-corrected chi connectivity index (χ1v) is 7.62. The van der Waals surface area contributed by atoms with Crippen LogP contribution in [0.15, 0.2) is 23.1 Å². The second-order valence-electron chi connectivity index (χ2n) is 4.11. The van der Waals surface area contributed by atoms with Gasteiger partial charge < -0.3 is 0 Å². The molecule has 0 aliphatic carbocycles. The van der Waals surface area contributed by atoms with Crippen LogP contribution in [0.3, 0.4) is 0 Å². The predicted molar refractivity (Wildman–Crippen MR) is 70.8 cm³/mol. The third-order valence-electron chi connectivity index (χ3n) is 2.66. The van der Waals surface area contributed by atoms with Crippen molar-refractivity contribution in [1.29, 1.82) is 0 Å². The van der Waals surface area contributed by atoms with E-state index in [1.807, 2.05) is 6.92 Å². The smallest absolute Gasteiger partial charge is 0.207 e. The fourth-order valence-corrected chi connectivity index (χ4v) is 3.27.